The quantitative estimate of drug-likeness (QED) is 0.645. The molecule has 0 aliphatic carbocycles. The minimum absolute atomic E-state index is 0.0289. The van der Waals surface area contributed by atoms with Crippen LogP contribution in [0.3, 0.4) is 0 Å². The summed E-state index contributed by atoms with van der Waals surface area (Å²) < 4.78 is 15.8. The number of piperazine rings is 1. The highest BCUT2D eigenvalue weighted by Crippen LogP contribution is 2.33. The average molecular weight is 454 g/mol. The Morgan fingerprint density at radius 2 is 1.85 bits per heavy atom. The van der Waals surface area contributed by atoms with Crippen LogP contribution in [0.5, 0.6) is 11.5 Å². The van der Waals surface area contributed by atoms with Gasteiger partial charge in [0, 0.05) is 31.2 Å². The summed E-state index contributed by atoms with van der Waals surface area (Å²) in [5.74, 6) is 0.408. The van der Waals surface area contributed by atoms with E-state index in [1.807, 2.05) is 6.92 Å². The normalized spacial score (nSPS) is 17.2. The maximum atomic E-state index is 13.3. The van der Waals surface area contributed by atoms with Crippen LogP contribution in [0.2, 0.25) is 0 Å². The maximum Gasteiger partial charge on any atom is 0.342 e. The molecule has 174 valence electrons. The number of aromatic nitrogens is 2. The number of aryl methyl sites for hydroxylation is 2. The SMILES string of the molecule is CCOC(=O)c1c(C)nc(C)nc1C(=O)N1CCN(C(=O)c2ccc3c(c2)OCO3)C(C)C1. The third-order valence-electron chi connectivity index (χ3n) is 5.68. The van der Waals surface area contributed by atoms with E-state index in [0.717, 1.165) is 0 Å². The molecule has 0 bridgehead atoms. The Morgan fingerprint density at radius 3 is 2.58 bits per heavy atom. The zero-order valence-electron chi connectivity index (χ0n) is 19.1. The van der Waals surface area contributed by atoms with Crippen molar-refractivity contribution in [3.05, 3.63) is 46.5 Å². The second-order valence-corrected chi connectivity index (χ2v) is 7.97. The minimum atomic E-state index is -0.622. The molecule has 0 saturated carbocycles. The third-order valence-corrected chi connectivity index (χ3v) is 5.68. The molecule has 2 aromatic rings. The Morgan fingerprint density at radius 1 is 1.09 bits per heavy atom. The highest BCUT2D eigenvalue weighted by atomic mass is 16.7. The monoisotopic (exact) mass is 454 g/mol. The summed E-state index contributed by atoms with van der Waals surface area (Å²) in [5, 5.41) is 0. The highest BCUT2D eigenvalue weighted by molar-refractivity contribution is 6.04. The standard InChI is InChI=1S/C23H26N4O6/c1-5-31-23(30)19-14(3)24-15(4)25-20(19)22(29)26-8-9-27(13(2)11-26)21(28)16-6-7-17-18(10-16)33-12-32-17/h6-7,10,13H,5,8-9,11-12H2,1-4H3. The van der Waals surface area contributed by atoms with Gasteiger partial charge in [0.1, 0.15) is 17.1 Å². The molecule has 3 heterocycles. The van der Waals surface area contributed by atoms with Gasteiger partial charge in [-0.05, 0) is 45.9 Å². The molecule has 1 unspecified atom stereocenters. The predicted octanol–water partition coefficient (Wildman–Crippen LogP) is 1.99. The summed E-state index contributed by atoms with van der Waals surface area (Å²) >= 11 is 0. The Balaban J connectivity index is 1.52. The van der Waals surface area contributed by atoms with Gasteiger partial charge in [-0.15, -0.1) is 0 Å². The molecule has 2 aliphatic heterocycles. The number of esters is 1. The molecular formula is C23H26N4O6. The molecule has 2 aliphatic rings. The van der Waals surface area contributed by atoms with Crippen molar-refractivity contribution in [2.75, 3.05) is 33.0 Å². The second-order valence-electron chi connectivity index (χ2n) is 7.97. The molecule has 0 radical (unpaired) electrons. The molecule has 10 heteroatoms. The number of carbonyl (C=O) groups excluding carboxylic acids is 3. The Kier molecular flexibility index (Phi) is 6.17. The minimum Gasteiger partial charge on any atom is -0.462 e. The lowest BCUT2D eigenvalue weighted by molar-refractivity contribution is 0.0405. The smallest absolute Gasteiger partial charge is 0.342 e. The van der Waals surface area contributed by atoms with Crippen LogP contribution in [0, 0.1) is 13.8 Å². The van der Waals surface area contributed by atoms with Crippen LogP contribution in [-0.4, -0.2) is 76.6 Å². The largest absolute Gasteiger partial charge is 0.462 e. The molecular weight excluding hydrogens is 428 g/mol. The van der Waals surface area contributed by atoms with Crippen molar-refractivity contribution in [2.24, 2.45) is 0 Å². The van der Waals surface area contributed by atoms with Gasteiger partial charge in [0.2, 0.25) is 6.79 Å². The van der Waals surface area contributed by atoms with E-state index in [1.165, 1.54) is 0 Å². The summed E-state index contributed by atoms with van der Waals surface area (Å²) in [6.07, 6.45) is 0. The first-order valence-electron chi connectivity index (χ1n) is 10.8. The molecule has 0 N–H and O–H groups in total. The zero-order chi connectivity index (χ0) is 23.7. The number of hydrogen-bond acceptors (Lipinski definition) is 8. The van der Waals surface area contributed by atoms with E-state index in [0.29, 0.717) is 48.2 Å². The number of carbonyl (C=O) groups is 3. The fourth-order valence-electron chi connectivity index (χ4n) is 4.10. The molecule has 10 nitrogen and oxygen atoms in total. The van der Waals surface area contributed by atoms with Gasteiger partial charge < -0.3 is 24.0 Å². The van der Waals surface area contributed by atoms with Gasteiger partial charge in [-0.2, -0.15) is 0 Å². The summed E-state index contributed by atoms with van der Waals surface area (Å²) in [7, 11) is 0. The van der Waals surface area contributed by atoms with Crippen LogP contribution < -0.4 is 9.47 Å². The maximum absolute atomic E-state index is 13.3. The van der Waals surface area contributed by atoms with Gasteiger partial charge in [0.15, 0.2) is 11.5 Å². The predicted molar refractivity (Wildman–Crippen MR) is 116 cm³/mol. The van der Waals surface area contributed by atoms with Crippen molar-refractivity contribution in [2.45, 2.75) is 33.7 Å². The molecule has 1 aromatic heterocycles. The molecule has 4 rings (SSSR count). The van der Waals surface area contributed by atoms with Crippen molar-refractivity contribution in [1.29, 1.82) is 0 Å². The third kappa shape index (κ3) is 4.33. The number of hydrogen-bond donors (Lipinski definition) is 0. The molecule has 2 amide bonds. The fourth-order valence-corrected chi connectivity index (χ4v) is 4.10. The van der Waals surface area contributed by atoms with Crippen LogP contribution >= 0.6 is 0 Å². The van der Waals surface area contributed by atoms with E-state index in [4.69, 9.17) is 14.2 Å². The highest BCUT2D eigenvalue weighted by Gasteiger charge is 2.34. The van der Waals surface area contributed by atoms with Crippen LogP contribution in [0.4, 0.5) is 0 Å². The van der Waals surface area contributed by atoms with E-state index in [9.17, 15) is 14.4 Å². The van der Waals surface area contributed by atoms with E-state index in [-0.39, 0.29) is 42.5 Å². The Hall–Kier alpha value is -3.69. The van der Waals surface area contributed by atoms with Gasteiger partial charge in [-0.3, -0.25) is 9.59 Å². The fraction of sp³-hybridized carbons (Fsp3) is 0.435. The number of benzene rings is 1. The number of amides is 2. The van der Waals surface area contributed by atoms with E-state index < -0.39 is 5.97 Å². The number of rotatable bonds is 4. The van der Waals surface area contributed by atoms with Crippen LogP contribution in [-0.2, 0) is 4.74 Å². The van der Waals surface area contributed by atoms with Crippen LogP contribution in [0.25, 0.3) is 0 Å². The zero-order valence-corrected chi connectivity index (χ0v) is 19.1. The van der Waals surface area contributed by atoms with Crippen molar-refractivity contribution in [3.8, 4) is 11.5 Å². The molecule has 1 fully saturated rings. The number of fused-ring (bicyclic) bond motifs is 1. The van der Waals surface area contributed by atoms with Crippen molar-refractivity contribution in [3.63, 3.8) is 0 Å². The van der Waals surface area contributed by atoms with Gasteiger partial charge in [-0.1, -0.05) is 0 Å². The van der Waals surface area contributed by atoms with Crippen molar-refractivity contribution < 1.29 is 28.6 Å². The number of ether oxygens (including phenoxy) is 3. The molecule has 0 spiro atoms. The van der Waals surface area contributed by atoms with Gasteiger partial charge in [-0.25, -0.2) is 14.8 Å². The Labute approximate surface area is 191 Å². The van der Waals surface area contributed by atoms with Gasteiger partial charge in [0.25, 0.3) is 11.8 Å². The van der Waals surface area contributed by atoms with E-state index in [2.05, 4.69) is 9.97 Å². The lowest BCUT2D eigenvalue weighted by atomic mass is 10.1. The lowest BCUT2D eigenvalue weighted by Crippen LogP contribution is -2.55. The first-order valence-corrected chi connectivity index (χ1v) is 10.8. The van der Waals surface area contributed by atoms with Crippen LogP contribution in [0.1, 0.15) is 56.6 Å². The summed E-state index contributed by atoms with van der Waals surface area (Å²) in [6, 6.07) is 4.86. The summed E-state index contributed by atoms with van der Waals surface area (Å²) in [4.78, 5) is 50.8. The summed E-state index contributed by atoms with van der Waals surface area (Å²) in [5.41, 5.74) is 1.01. The molecule has 33 heavy (non-hydrogen) atoms. The lowest BCUT2D eigenvalue weighted by Gasteiger charge is -2.40. The molecule has 1 aromatic carbocycles. The van der Waals surface area contributed by atoms with Gasteiger partial charge >= 0.3 is 5.97 Å². The molecule has 1 saturated heterocycles. The molecule has 1 atom stereocenters. The van der Waals surface area contributed by atoms with Crippen LogP contribution in [0.15, 0.2) is 18.2 Å². The van der Waals surface area contributed by atoms with Crippen molar-refractivity contribution >= 4 is 17.8 Å². The van der Waals surface area contributed by atoms with E-state index in [1.54, 1.807) is 48.8 Å². The average Bonchev–Trinajstić information content (AvgIpc) is 3.25. The number of nitrogens with zero attached hydrogens (tertiary/aromatic N) is 4. The first kappa shape index (κ1) is 22.5. The summed E-state index contributed by atoms with van der Waals surface area (Å²) in [6.45, 7) is 8.18. The first-order chi connectivity index (χ1) is 15.8. The Bertz CT molecular complexity index is 1120. The van der Waals surface area contributed by atoms with Crippen molar-refractivity contribution in [1.82, 2.24) is 19.8 Å². The second kappa shape index (κ2) is 9.05. The topological polar surface area (TPSA) is 111 Å². The van der Waals surface area contributed by atoms with Gasteiger partial charge in [0.05, 0.1) is 12.3 Å². The van der Waals surface area contributed by atoms with E-state index >= 15 is 0 Å².